The second kappa shape index (κ2) is 7.91. The molecule has 2 aromatic heterocycles. The fourth-order valence-electron chi connectivity index (χ4n) is 4.21. The van der Waals surface area contributed by atoms with Gasteiger partial charge < -0.3 is 4.42 Å². The van der Waals surface area contributed by atoms with Crippen LogP contribution in [0, 0.1) is 0 Å². The van der Waals surface area contributed by atoms with Gasteiger partial charge in [0.15, 0.2) is 5.69 Å². The zero-order valence-corrected chi connectivity index (χ0v) is 19.3. The monoisotopic (exact) mass is 484 g/mol. The molecule has 2 heterocycles. The van der Waals surface area contributed by atoms with Gasteiger partial charge in [0.1, 0.15) is 0 Å². The molecule has 162 valence electrons. The Morgan fingerprint density at radius 2 is 1.59 bits per heavy atom. The van der Waals surface area contributed by atoms with Crippen LogP contribution < -0.4 is 0 Å². The summed E-state index contributed by atoms with van der Waals surface area (Å²) in [7, 11) is 0. The van der Waals surface area contributed by atoms with Gasteiger partial charge in [-0.15, -0.1) is 10.2 Å². The van der Waals surface area contributed by atoms with E-state index >= 15 is 0 Å². The van der Waals surface area contributed by atoms with Crippen molar-refractivity contribution in [3.63, 3.8) is 0 Å². The summed E-state index contributed by atoms with van der Waals surface area (Å²) >= 11 is 18.9. The Kier molecular flexibility index (Phi) is 5.01. The van der Waals surface area contributed by atoms with E-state index in [4.69, 9.17) is 44.3 Å². The number of nitrogens with zero attached hydrogens (tertiary/aromatic N) is 4. The summed E-state index contributed by atoms with van der Waals surface area (Å²) in [6.07, 6.45) is 5.60. The summed E-state index contributed by atoms with van der Waals surface area (Å²) in [5.74, 6) is 1.92. The van der Waals surface area contributed by atoms with E-state index in [0.29, 0.717) is 38.7 Å². The summed E-state index contributed by atoms with van der Waals surface area (Å²) < 4.78 is 8.00. The molecule has 5 nitrogen and oxygen atoms in total. The average molecular weight is 486 g/mol. The van der Waals surface area contributed by atoms with E-state index in [2.05, 4.69) is 10.2 Å². The fraction of sp³-hybridized carbons (Fsp3) is 0.292. The van der Waals surface area contributed by atoms with E-state index in [-0.39, 0.29) is 0 Å². The van der Waals surface area contributed by atoms with Crippen molar-refractivity contribution < 1.29 is 4.42 Å². The van der Waals surface area contributed by atoms with Crippen molar-refractivity contribution in [2.24, 2.45) is 0 Å². The minimum Gasteiger partial charge on any atom is -0.419 e. The van der Waals surface area contributed by atoms with Crippen LogP contribution in [0.25, 0.3) is 28.5 Å². The Labute approximate surface area is 200 Å². The SMILES string of the molecule is Clc1ccc(-c2c(C3CC3)c(-c3nnc(C4CCC4)o3)nn2-c2ccc(Cl)cc2Cl)cc1. The van der Waals surface area contributed by atoms with Crippen molar-refractivity contribution in [2.75, 3.05) is 0 Å². The fourth-order valence-corrected chi connectivity index (χ4v) is 4.82. The molecule has 2 aliphatic rings. The number of hydrogen-bond acceptors (Lipinski definition) is 4. The molecule has 4 aromatic rings. The van der Waals surface area contributed by atoms with Crippen LogP contribution in [0.3, 0.4) is 0 Å². The third-order valence-electron chi connectivity index (χ3n) is 6.26. The van der Waals surface area contributed by atoms with Gasteiger partial charge >= 0.3 is 0 Å². The molecule has 32 heavy (non-hydrogen) atoms. The molecule has 8 heteroatoms. The Morgan fingerprint density at radius 1 is 0.844 bits per heavy atom. The lowest BCUT2D eigenvalue weighted by Gasteiger charge is -2.20. The van der Waals surface area contributed by atoms with Crippen LogP contribution in [-0.4, -0.2) is 20.0 Å². The van der Waals surface area contributed by atoms with Gasteiger partial charge in [0, 0.05) is 27.1 Å². The van der Waals surface area contributed by atoms with E-state index in [9.17, 15) is 0 Å². The van der Waals surface area contributed by atoms with Crippen molar-refractivity contribution in [3.8, 4) is 28.5 Å². The quantitative estimate of drug-likeness (QED) is 0.291. The van der Waals surface area contributed by atoms with Crippen molar-refractivity contribution >= 4 is 34.8 Å². The van der Waals surface area contributed by atoms with Crippen LogP contribution in [0.15, 0.2) is 46.9 Å². The molecule has 2 fully saturated rings. The molecule has 0 N–H and O–H groups in total. The predicted molar refractivity (Wildman–Crippen MR) is 126 cm³/mol. The van der Waals surface area contributed by atoms with Gasteiger partial charge in [-0.25, -0.2) is 4.68 Å². The molecule has 2 aromatic carbocycles. The third kappa shape index (κ3) is 3.53. The van der Waals surface area contributed by atoms with E-state index in [1.807, 2.05) is 41.1 Å². The van der Waals surface area contributed by atoms with Crippen molar-refractivity contribution in [1.29, 1.82) is 0 Å². The smallest absolute Gasteiger partial charge is 0.268 e. The van der Waals surface area contributed by atoms with Gasteiger partial charge in [0.2, 0.25) is 5.89 Å². The standard InChI is InChI=1S/C24H19Cl3N4O/c25-16-8-6-14(7-9-16)22-20(13-4-5-13)21(24-29-28-23(32-24)15-2-1-3-15)30-31(22)19-11-10-17(26)12-18(19)27/h6-13,15H,1-5H2. The van der Waals surface area contributed by atoms with Crippen LogP contribution in [0.4, 0.5) is 0 Å². The van der Waals surface area contributed by atoms with Gasteiger partial charge in [-0.05, 0) is 61.9 Å². The number of benzene rings is 2. The first-order chi connectivity index (χ1) is 15.6. The first kappa shape index (κ1) is 20.3. The highest BCUT2D eigenvalue weighted by Gasteiger charge is 2.36. The molecule has 2 aliphatic carbocycles. The van der Waals surface area contributed by atoms with Gasteiger partial charge in [-0.3, -0.25) is 0 Å². The molecule has 0 radical (unpaired) electrons. The highest BCUT2D eigenvalue weighted by Crippen LogP contribution is 2.50. The van der Waals surface area contributed by atoms with Crippen LogP contribution >= 0.6 is 34.8 Å². The Hall–Kier alpha value is -2.34. The van der Waals surface area contributed by atoms with Crippen molar-refractivity contribution in [3.05, 3.63) is 69.0 Å². The first-order valence-electron chi connectivity index (χ1n) is 10.8. The minimum atomic E-state index is 0.365. The summed E-state index contributed by atoms with van der Waals surface area (Å²) in [5, 5.41) is 15.5. The lowest BCUT2D eigenvalue weighted by Crippen LogP contribution is -2.08. The molecule has 0 saturated heterocycles. The zero-order chi connectivity index (χ0) is 21.8. The van der Waals surface area contributed by atoms with Gasteiger partial charge in [-0.2, -0.15) is 5.10 Å². The van der Waals surface area contributed by atoms with Crippen LogP contribution in [-0.2, 0) is 0 Å². The summed E-state index contributed by atoms with van der Waals surface area (Å²) in [4.78, 5) is 0. The zero-order valence-electron chi connectivity index (χ0n) is 17.1. The highest BCUT2D eigenvalue weighted by molar-refractivity contribution is 6.35. The maximum absolute atomic E-state index is 6.61. The molecule has 0 amide bonds. The van der Waals surface area contributed by atoms with E-state index < -0.39 is 0 Å². The van der Waals surface area contributed by atoms with Crippen LogP contribution in [0.5, 0.6) is 0 Å². The molecule has 0 unspecified atom stereocenters. The number of halogens is 3. The van der Waals surface area contributed by atoms with E-state index in [1.54, 1.807) is 6.07 Å². The van der Waals surface area contributed by atoms with E-state index in [1.165, 1.54) is 6.42 Å². The van der Waals surface area contributed by atoms with Crippen LogP contribution in [0.2, 0.25) is 15.1 Å². The molecular formula is C24H19Cl3N4O. The maximum atomic E-state index is 6.61. The molecule has 0 atom stereocenters. The molecular weight excluding hydrogens is 467 g/mol. The summed E-state index contributed by atoms with van der Waals surface area (Å²) in [6, 6.07) is 13.2. The molecule has 0 aliphatic heterocycles. The number of hydrogen-bond donors (Lipinski definition) is 0. The van der Waals surface area contributed by atoms with Crippen molar-refractivity contribution in [2.45, 2.75) is 43.9 Å². The topological polar surface area (TPSA) is 56.7 Å². The highest BCUT2D eigenvalue weighted by atomic mass is 35.5. The minimum absolute atomic E-state index is 0.365. The normalized spacial score (nSPS) is 16.3. The largest absolute Gasteiger partial charge is 0.419 e. The molecule has 0 spiro atoms. The lowest BCUT2D eigenvalue weighted by molar-refractivity contribution is 0.338. The molecule has 0 bridgehead atoms. The van der Waals surface area contributed by atoms with Gasteiger partial charge in [-0.1, -0.05) is 53.4 Å². The lowest BCUT2D eigenvalue weighted by atomic mass is 9.85. The Morgan fingerprint density at radius 3 is 2.25 bits per heavy atom. The maximum Gasteiger partial charge on any atom is 0.268 e. The number of rotatable bonds is 5. The second-order valence-electron chi connectivity index (χ2n) is 8.47. The summed E-state index contributed by atoms with van der Waals surface area (Å²) in [6.45, 7) is 0. The Bertz CT molecular complexity index is 1300. The van der Waals surface area contributed by atoms with Crippen LogP contribution in [0.1, 0.15) is 55.4 Å². The van der Waals surface area contributed by atoms with Gasteiger partial charge in [0.05, 0.1) is 16.4 Å². The van der Waals surface area contributed by atoms with E-state index in [0.717, 1.165) is 53.9 Å². The predicted octanol–water partition coefficient (Wildman–Crippen LogP) is 7.69. The summed E-state index contributed by atoms with van der Waals surface area (Å²) in [5.41, 5.74) is 4.54. The van der Waals surface area contributed by atoms with Gasteiger partial charge in [0.25, 0.3) is 5.89 Å². The number of aromatic nitrogens is 4. The third-order valence-corrected chi connectivity index (χ3v) is 7.05. The molecule has 6 rings (SSSR count). The average Bonchev–Trinajstić information content (AvgIpc) is 3.33. The Balaban J connectivity index is 1.58. The second-order valence-corrected chi connectivity index (χ2v) is 9.75. The molecule has 2 saturated carbocycles. The van der Waals surface area contributed by atoms with Crippen molar-refractivity contribution in [1.82, 2.24) is 20.0 Å². The first-order valence-corrected chi connectivity index (χ1v) is 11.9.